The van der Waals surface area contributed by atoms with Crippen molar-refractivity contribution < 1.29 is 0 Å². The highest BCUT2D eigenvalue weighted by molar-refractivity contribution is 5.95. The number of rotatable bonds is 3. The summed E-state index contributed by atoms with van der Waals surface area (Å²) in [6.45, 7) is 4.82. The molecule has 0 atom stereocenters. The van der Waals surface area contributed by atoms with Gasteiger partial charge in [-0.1, -0.05) is 11.6 Å². The van der Waals surface area contributed by atoms with Crippen molar-refractivity contribution in [1.29, 1.82) is 5.26 Å². The lowest BCUT2D eigenvalue weighted by atomic mass is 10.1. The highest BCUT2D eigenvalue weighted by atomic mass is 15.3. The van der Waals surface area contributed by atoms with Gasteiger partial charge in [-0.15, -0.1) is 10.2 Å². The second-order valence-electron chi connectivity index (χ2n) is 4.77. The third kappa shape index (κ3) is 2.41. The molecular weight excluding hydrogens is 264 g/mol. The van der Waals surface area contributed by atoms with Gasteiger partial charge in [0, 0.05) is 18.1 Å². The first-order valence-electron chi connectivity index (χ1n) is 6.68. The van der Waals surface area contributed by atoms with Gasteiger partial charge in [-0.3, -0.25) is 4.68 Å². The molecule has 0 aliphatic heterocycles. The normalized spacial score (nSPS) is 10.5. The quantitative estimate of drug-likeness (QED) is 0.796. The molecule has 3 aromatic rings. The SMILES string of the molecule is CCn1cc(Nc2c(C#N)nnc3ccc(C)cc23)cn1. The zero-order chi connectivity index (χ0) is 14.8. The van der Waals surface area contributed by atoms with Crippen LogP contribution in [0.25, 0.3) is 10.9 Å². The van der Waals surface area contributed by atoms with Crippen LogP contribution in [0.3, 0.4) is 0 Å². The van der Waals surface area contributed by atoms with Crippen molar-refractivity contribution in [2.24, 2.45) is 0 Å². The Morgan fingerprint density at radius 2 is 2.19 bits per heavy atom. The first-order chi connectivity index (χ1) is 10.2. The van der Waals surface area contributed by atoms with Crippen LogP contribution in [0.15, 0.2) is 30.6 Å². The van der Waals surface area contributed by atoms with E-state index in [-0.39, 0.29) is 5.69 Å². The maximum absolute atomic E-state index is 9.26. The summed E-state index contributed by atoms with van der Waals surface area (Å²) in [5.41, 5.74) is 3.63. The van der Waals surface area contributed by atoms with Crippen LogP contribution in [0.4, 0.5) is 11.4 Å². The van der Waals surface area contributed by atoms with Crippen molar-refractivity contribution in [1.82, 2.24) is 20.0 Å². The lowest BCUT2D eigenvalue weighted by molar-refractivity contribution is 0.660. The number of benzene rings is 1. The lowest BCUT2D eigenvalue weighted by Crippen LogP contribution is -1.99. The van der Waals surface area contributed by atoms with Gasteiger partial charge in [0.25, 0.3) is 0 Å². The van der Waals surface area contributed by atoms with Crippen LogP contribution in [0.5, 0.6) is 0 Å². The fraction of sp³-hybridized carbons (Fsp3) is 0.200. The highest BCUT2D eigenvalue weighted by Crippen LogP contribution is 2.28. The van der Waals surface area contributed by atoms with E-state index in [1.807, 2.05) is 42.9 Å². The summed E-state index contributed by atoms with van der Waals surface area (Å²) >= 11 is 0. The van der Waals surface area contributed by atoms with Crippen molar-refractivity contribution in [3.63, 3.8) is 0 Å². The molecule has 1 N–H and O–H groups in total. The molecule has 0 aliphatic rings. The molecule has 6 nitrogen and oxygen atoms in total. The Labute approximate surface area is 122 Å². The highest BCUT2D eigenvalue weighted by Gasteiger charge is 2.11. The van der Waals surface area contributed by atoms with Gasteiger partial charge in [-0.25, -0.2) is 0 Å². The van der Waals surface area contributed by atoms with E-state index in [2.05, 4.69) is 26.7 Å². The first-order valence-corrected chi connectivity index (χ1v) is 6.68. The maximum Gasteiger partial charge on any atom is 0.187 e. The van der Waals surface area contributed by atoms with E-state index >= 15 is 0 Å². The van der Waals surface area contributed by atoms with Crippen molar-refractivity contribution in [3.8, 4) is 6.07 Å². The average molecular weight is 278 g/mol. The molecule has 0 aliphatic carbocycles. The Balaban J connectivity index is 2.14. The summed E-state index contributed by atoms with van der Waals surface area (Å²) in [4.78, 5) is 0. The van der Waals surface area contributed by atoms with E-state index in [0.717, 1.165) is 28.7 Å². The second kappa shape index (κ2) is 5.21. The fourth-order valence-corrected chi connectivity index (χ4v) is 2.17. The Bertz CT molecular complexity index is 843. The molecular formula is C15H14N6. The Morgan fingerprint density at radius 1 is 1.33 bits per heavy atom. The van der Waals surface area contributed by atoms with Gasteiger partial charge >= 0.3 is 0 Å². The van der Waals surface area contributed by atoms with Crippen molar-refractivity contribution in [2.75, 3.05) is 5.32 Å². The third-order valence-electron chi connectivity index (χ3n) is 3.25. The van der Waals surface area contributed by atoms with Crippen LogP contribution in [0.2, 0.25) is 0 Å². The molecule has 2 heterocycles. The fourth-order valence-electron chi connectivity index (χ4n) is 2.17. The van der Waals surface area contributed by atoms with Crippen molar-refractivity contribution >= 4 is 22.3 Å². The summed E-state index contributed by atoms with van der Waals surface area (Å²) in [5, 5.41) is 25.7. The zero-order valence-corrected chi connectivity index (χ0v) is 11.8. The third-order valence-corrected chi connectivity index (χ3v) is 3.25. The number of anilines is 2. The zero-order valence-electron chi connectivity index (χ0n) is 11.8. The molecule has 0 saturated heterocycles. The van der Waals surface area contributed by atoms with Gasteiger partial charge in [-0.2, -0.15) is 10.4 Å². The Hall–Kier alpha value is -2.94. The van der Waals surface area contributed by atoms with Crippen LogP contribution >= 0.6 is 0 Å². The smallest absolute Gasteiger partial charge is 0.187 e. The summed E-state index contributed by atoms with van der Waals surface area (Å²) in [5.74, 6) is 0. The Morgan fingerprint density at radius 3 is 2.90 bits per heavy atom. The Kier molecular flexibility index (Phi) is 3.24. The molecule has 0 bridgehead atoms. The standard InChI is InChI=1S/C15H14N6/c1-3-21-9-11(8-17-21)18-15-12-6-10(2)4-5-13(12)19-20-14(15)7-16/h4-6,8-9H,3H2,1-2H3,(H,18,19). The molecule has 104 valence electrons. The molecule has 1 aromatic carbocycles. The topological polar surface area (TPSA) is 79.4 Å². The van der Waals surface area contributed by atoms with E-state index in [0.29, 0.717) is 5.69 Å². The largest absolute Gasteiger partial charge is 0.350 e. The lowest BCUT2D eigenvalue weighted by Gasteiger charge is -2.09. The molecule has 0 fully saturated rings. The number of fused-ring (bicyclic) bond motifs is 1. The molecule has 0 unspecified atom stereocenters. The predicted molar refractivity (Wildman–Crippen MR) is 80.2 cm³/mol. The number of hydrogen-bond acceptors (Lipinski definition) is 5. The molecule has 6 heteroatoms. The van der Waals surface area contributed by atoms with Gasteiger partial charge in [0.2, 0.25) is 0 Å². The second-order valence-corrected chi connectivity index (χ2v) is 4.77. The minimum absolute atomic E-state index is 0.275. The van der Waals surface area contributed by atoms with E-state index in [1.54, 1.807) is 6.20 Å². The number of aryl methyl sites for hydroxylation is 2. The van der Waals surface area contributed by atoms with Gasteiger partial charge in [0.05, 0.1) is 23.1 Å². The molecule has 0 amide bonds. The molecule has 3 rings (SSSR count). The number of nitrogens with one attached hydrogen (secondary N) is 1. The number of aromatic nitrogens is 4. The number of nitriles is 1. The van der Waals surface area contributed by atoms with Gasteiger partial charge < -0.3 is 5.32 Å². The first kappa shape index (κ1) is 13.1. The molecule has 2 aromatic heterocycles. The average Bonchev–Trinajstić information content (AvgIpc) is 2.95. The van der Waals surface area contributed by atoms with Gasteiger partial charge in [-0.05, 0) is 26.0 Å². The summed E-state index contributed by atoms with van der Waals surface area (Å²) < 4.78 is 1.82. The predicted octanol–water partition coefficient (Wildman–Crippen LogP) is 2.77. The van der Waals surface area contributed by atoms with Crippen LogP contribution in [-0.2, 0) is 6.54 Å². The van der Waals surface area contributed by atoms with Crippen LogP contribution in [0.1, 0.15) is 18.2 Å². The molecule has 21 heavy (non-hydrogen) atoms. The summed E-state index contributed by atoms with van der Waals surface area (Å²) in [7, 11) is 0. The summed E-state index contributed by atoms with van der Waals surface area (Å²) in [6, 6.07) is 7.96. The van der Waals surface area contributed by atoms with Crippen molar-refractivity contribution in [2.45, 2.75) is 20.4 Å². The van der Waals surface area contributed by atoms with Gasteiger partial charge in [0.15, 0.2) is 5.69 Å². The molecule has 0 radical (unpaired) electrons. The van der Waals surface area contributed by atoms with Crippen LogP contribution in [-0.4, -0.2) is 20.0 Å². The van der Waals surface area contributed by atoms with Crippen LogP contribution < -0.4 is 5.32 Å². The number of nitrogens with zero attached hydrogens (tertiary/aromatic N) is 5. The maximum atomic E-state index is 9.26. The summed E-state index contributed by atoms with van der Waals surface area (Å²) in [6.07, 6.45) is 3.62. The van der Waals surface area contributed by atoms with Crippen LogP contribution in [0, 0.1) is 18.3 Å². The number of hydrogen-bond donors (Lipinski definition) is 1. The van der Waals surface area contributed by atoms with E-state index in [4.69, 9.17) is 0 Å². The van der Waals surface area contributed by atoms with E-state index < -0.39 is 0 Å². The molecule has 0 spiro atoms. The van der Waals surface area contributed by atoms with Gasteiger partial charge in [0.1, 0.15) is 6.07 Å². The van der Waals surface area contributed by atoms with E-state index in [1.165, 1.54) is 0 Å². The minimum atomic E-state index is 0.275. The van der Waals surface area contributed by atoms with E-state index in [9.17, 15) is 5.26 Å². The molecule has 0 saturated carbocycles. The van der Waals surface area contributed by atoms with Crippen molar-refractivity contribution in [3.05, 3.63) is 41.9 Å². The monoisotopic (exact) mass is 278 g/mol. The minimum Gasteiger partial charge on any atom is -0.350 e.